The Labute approximate surface area is 154 Å². The summed E-state index contributed by atoms with van der Waals surface area (Å²) in [6.07, 6.45) is 0.482. The highest BCUT2D eigenvalue weighted by atomic mass is 28.4. The summed E-state index contributed by atoms with van der Waals surface area (Å²) in [5, 5.41) is 0.479. The highest BCUT2D eigenvalue weighted by Gasteiger charge is 2.52. The van der Waals surface area contributed by atoms with Gasteiger partial charge in [-0.15, -0.1) is 0 Å². The monoisotopic (exact) mass is 372 g/mol. The minimum absolute atomic E-state index is 0.239. The van der Waals surface area contributed by atoms with Gasteiger partial charge in [-0.3, -0.25) is 0 Å². The van der Waals surface area contributed by atoms with Gasteiger partial charge in [0.15, 0.2) is 16.6 Å². The highest BCUT2D eigenvalue weighted by molar-refractivity contribution is 6.74. The summed E-state index contributed by atoms with van der Waals surface area (Å²) >= 11 is 0. The van der Waals surface area contributed by atoms with E-state index in [2.05, 4.69) is 88.5 Å². The zero-order valence-corrected chi connectivity index (χ0v) is 20.7. The third kappa shape index (κ3) is 4.36. The van der Waals surface area contributed by atoms with Gasteiger partial charge in [0.05, 0.1) is 12.2 Å². The van der Waals surface area contributed by atoms with Crippen LogP contribution in [0.15, 0.2) is 0 Å². The molecule has 0 heterocycles. The summed E-state index contributed by atoms with van der Waals surface area (Å²) in [6, 6.07) is 0. The van der Waals surface area contributed by atoms with E-state index in [4.69, 9.17) is 8.85 Å². The molecule has 0 aromatic rings. The largest absolute Gasteiger partial charge is 0.411 e. The molecule has 1 aliphatic carbocycles. The summed E-state index contributed by atoms with van der Waals surface area (Å²) in [7, 11) is -3.60. The standard InChI is InChI=1S/C20H44O2Si2/c1-14-15(2)17(21-23(10,11)19(4,5)6)18(16(14)3)22-24(12,13)20(7,8)9/h14-18H,1-13H3. The molecule has 24 heavy (non-hydrogen) atoms. The molecular formula is C20H44O2Si2. The topological polar surface area (TPSA) is 18.5 Å². The van der Waals surface area contributed by atoms with Crippen molar-refractivity contribution >= 4 is 16.6 Å². The molecule has 0 amide bonds. The van der Waals surface area contributed by atoms with Gasteiger partial charge in [0.25, 0.3) is 0 Å². The Balaban J connectivity index is 3.11. The smallest absolute Gasteiger partial charge is 0.192 e. The van der Waals surface area contributed by atoms with Gasteiger partial charge >= 0.3 is 0 Å². The Bertz CT molecular complexity index is 392. The predicted octanol–water partition coefficient (Wildman–Crippen LogP) is 6.69. The molecule has 0 radical (unpaired) electrons. The Morgan fingerprint density at radius 1 is 0.542 bits per heavy atom. The van der Waals surface area contributed by atoms with E-state index < -0.39 is 16.6 Å². The van der Waals surface area contributed by atoms with Crippen LogP contribution < -0.4 is 0 Å². The van der Waals surface area contributed by atoms with Crippen LogP contribution in [0.1, 0.15) is 62.3 Å². The zero-order valence-electron chi connectivity index (χ0n) is 18.7. The summed E-state index contributed by atoms with van der Waals surface area (Å²) < 4.78 is 13.8. The lowest BCUT2D eigenvalue weighted by Crippen LogP contribution is -2.52. The van der Waals surface area contributed by atoms with Gasteiger partial charge in [-0.05, 0) is 54.0 Å². The number of rotatable bonds is 4. The first kappa shape index (κ1) is 22.4. The van der Waals surface area contributed by atoms with Crippen LogP contribution >= 0.6 is 0 Å². The zero-order chi connectivity index (χ0) is 19.3. The summed E-state index contributed by atoms with van der Waals surface area (Å²) in [6.45, 7) is 30.6. The van der Waals surface area contributed by atoms with E-state index in [1.54, 1.807) is 0 Å². The van der Waals surface area contributed by atoms with Crippen LogP contribution in [0.25, 0.3) is 0 Å². The fourth-order valence-electron chi connectivity index (χ4n) is 3.06. The average molecular weight is 373 g/mol. The maximum atomic E-state index is 6.92. The molecule has 0 spiro atoms. The van der Waals surface area contributed by atoms with Crippen LogP contribution in [0, 0.1) is 17.8 Å². The number of hydrogen-bond donors (Lipinski definition) is 0. The molecule has 0 N–H and O–H groups in total. The van der Waals surface area contributed by atoms with Gasteiger partial charge in [0.2, 0.25) is 0 Å². The first-order valence-electron chi connectivity index (χ1n) is 9.78. The van der Waals surface area contributed by atoms with Crippen molar-refractivity contribution in [1.29, 1.82) is 0 Å². The van der Waals surface area contributed by atoms with Crippen molar-refractivity contribution in [3.63, 3.8) is 0 Å². The van der Waals surface area contributed by atoms with Gasteiger partial charge in [-0.25, -0.2) is 0 Å². The van der Waals surface area contributed by atoms with Gasteiger partial charge in [-0.1, -0.05) is 62.3 Å². The highest BCUT2D eigenvalue weighted by Crippen LogP contribution is 2.48. The Morgan fingerprint density at radius 3 is 1.00 bits per heavy atom. The maximum absolute atomic E-state index is 6.92. The van der Waals surface area contributed by atoms with E-state index in [0.717, 1.165) is 0 Å². The van der Waals surface area contributed by atoms with E-state index in [0.29, 0.717) is 17.8 Å². The Kier molecular flexibility index (Phi) is 6.37. The van der Waals surface area contributed by atoms with Crippen molar-refractivity contribution in [2.45, 2.75) is 111 Å². The summed E-state index contributed by atoms with van der Waals surface area (Å²) in [5.41, 5.74) is 0. The molecular weight excluding hydrogens is 328 g/mol. The van der Waals surface area contributed by atoms with Crippen LogP contribution in [-0.2, 0) is 8.85 Å². The minimum atomic E-state index is -1.80. The third-order valence-electron chi connectivity index (χ3n) is 7.49. The van der Waals surface area contributed by atoms with Crippen LogP contribution in [0.2, 0.25) is 36.3 Å². The second-order valence-corrected chi connectivity index (χ2v) is 20.8. The molecule has 4 unspecified atom stereocenters. The quantitative estimate of drug-likeness (QED) is 0.512. The molecule has 0 aliphatic heterocycles. The van der Waals surface area contributed by atoms with Crippen molar-refractivity contribution < 1.29 is 8.85 Å². The Morgan fingerprint density at radius 2 is 0.792 bits per heavy atom. The molecule has 1 rings (SSSR count). The normalized spacial score (nSPS) is 33.1. The predicted molar refractivity (Wildman–Crippen MR) is 112 cm³/mol. The van der Waals surface area contributed by atoms with Crippen molar-refractivity contribution in [3.05, 3.63) is 0 Å². The second-order valence-electron chi connectivity index (χ2n) is 11.3. The van der Waals surface area contributed by atoms with Crippen molar-refractivity contribution in [3.8, 4) is 0 Å². The lowest BCUT2D eigenvalue weighted by molar-refractivity contribution is 0.0253. The maximum Gasteiger partial charge on any atom is 0.192 e. The lowest BCUT2D eigenvalue weighted by atomic mass is 9.93. The molecule has 4 heteroatoms. The fourth-order valence-corrected chi connectivity index (χ4v) is 5.82. The average Bonchev–Trinajstić information content (AvgIpc) is 2.53. The van der Waals surface area contributed by atoms with Crippen LogP contribution in [0.4, 0.5) is 0 Å². The Hall–Kier alpha value is 0.354. The molecule has 2 nitrogen and oxygen atoms in total. The molecule has 0 aromatic carbocycles. The molecule has 0 aromatic heterocycles. The molecule has 0 saturated heterocycles. The molecule has 1 aliphatic rings. The van der Waals surface area contributed by atoms with Crippen LogP contribution in [0.5, 0.6) is 0 Å². The molecule has 1 saturated carbocycles. The van der Waals surface area contributed by atoms with Gasteiger partial charge < -0.3 is 8.85 Å². The third-order valence-corrected chi connectivity index (χ3v) is 16.4. The van der Waals surface area contributed by atoms with Gasteiger partial charge in [0.1, 0.15) is 0 Å². The first-order chi connectivity index (χ1) is 10.4. The van der Waals surface area contributed by atoms with E-state index >= 15 is 0 Å². The van der Waals surface area contributed by atoms with E-state index in [1.165, 1.54) is 0 Å². The molecule has 4 atom stereocenters. The lowest BCUT2D eigenvalue weighted by Gasteiger charge is -2.44. The fraction of sp³-hybridized carbons (Fsp3) is 1.00. The first-order valence-corrected chi connectivity index (χ1v) is 15.6. The van der Waals surface area contributed by atoms with E-state index in [1.807, 2.05) is 0 Å². The van der Waals surface area contributed by atoms with Crippen LogP contribution in [0.3, 0.4) is 0 Å². The second kappa shape index (κ2) is 6.82. The molecule has 144 valence electrons. The van der Waals surface area contributed by atoms with Crippen LogP contribution in [-0.4, -0.2) is 28.8 Å². The SMILES string of the molecule is CC1C(C)C(O[Si](C)(C)C(C)(C)C)C(O[Si](C)(C)C(C)(C)C)C1C. The molecule has 0 bridgehead atoms. The van der Waals surface area contributed by atoms with Gasteiger partial charge in [0, 0.05) is 0 Å². The van der Waals surface area contributed by atoms with Crippen molar-refractivity contribution in [2.24, 2.45) is 17.8 Å². The van der Waals surface area contributed by atoms with Crippen molar-refractivity contribution in [2.75, 3.05) is 0 Å². The molecule has 1 fully saturated rings. The van der Waals surface area contributed by atoms with Crippen molar-refractivity contribution in [1.82, 2.24) is 0 Å². The van der Waals surface area contributed by atoms with E-state index in [-0.39, 0.29) is 22.3 Å². The van der Waals surface area contributed by atoms with E-state index in [9.17, 15) is 0 Å². The van der Waals surface area contributed by atoms with Gasteiger partial charge in [-0.2, -0.15) is 0 Å². The number of hydrogen-bond acceptors (Lipinski definition) is 2. The minimum Gasteiger partial charge on any atom is -0.411 e. The summed E-state index contributed by atoms with van der Waals surface area (Å²) in [5.74, 6) is 1.77. The summed E-state index contributed by atoms with van der Waals surface area (Å²) in [4.78, 5) is 0.